The molecule has 0 saturated carbocycles. The molecule has 4 N–H and O–H groups in total. The molecule has 0 spiro atoms. The number of carbonyl (C=O) groups is 1. The third-order valence-electron chi connectivity index (χ3n) is 4.20. The number of nitrogen functional groups attached to an aromatic ring is 1. The standard InChI is InChI=1S/C18H18ClFN6O2S/c1-3-26(2)29(28)25-13-8-7-12(20)16(14(13)19)24-18(27)11-6-4-5-10-15(11)22-9-23-17(10)21/h4-9,25H,3H2,1-2H3,(H,24,27)(H2,21,22,23). The number of rotatable bonds is 6. The van der Waals surface area contributed by atoms with E-state index in [4.69, 9.17) is 17.3 Å². The van der Waals surface area contributed by atoms with Crippen LogP contribution in [-0.2, 0) is 11.2 Å². The van der Waals surface area contributed by atoms with Gasteiger partial charge in [-0.05, 0) is 24.3 Å². The van der Waals surface area contributed by atoms with Crippen LogP contribution in [0, 0.1) is 5.82 Å². The van der Waals surface area contributed by atoms with Crippen LogP contribution < -0.4 is 15.8 Å². The number of fused-ring (bicyclic) bond motifs is 1. The molecule has 0 aliphatic rings. The number of anilines is 3. The third kappa shape index (κ3) is 4.29. The predicted octanol–water partition coefficient (Wildman–Crippen LogP) is 3.20. The zero-order valence-corrected chi connectivity index (χ0v) is 17.1. The highest BCUT2D eigenvalue weighted by Gasteiger charge is 2.19. The number of para-hydroxylation sites is 1. The van der Waals surface area contributed by atoms with Crippen molar-refractivity contribution in [2.75, 3.05) is 29.4 Å². The minimum atomic E-state index is -1.58. The second kappa shape index (κ2) is 8.68. The number of nitrogens with zero attached hydrogens (tertiary/aromatic N) is 3. The average Bonchev–Trinajstić information content (AvgIpc) is 2.72. The number of amides is 1. The summed E-state index contributed by atoms with van der Waals surface area (Å²) in [5.41, 5.74) is 6.31. The van der Waals surface area contributed by atoms with Gasteiger partial charge in [0.2, 0.25) is 0 Å². The summed E-state index contributed by atoms with van der Waals surface area (Å²) in [6, 6.07) is 7.30. The molecule has 0 aliphatic carbocycles. The highest BCUT2D eigenvalue weighted by Crippen LogP contribution is 2.34. The average molecular weight is 437 g/mol. The minimum absolute atomic E-state index is 0.106. The second-order valence-corrected chi connectivity index (χ2v) is 7.70. The molecule has 1 aromatic heterocycles. The van der Waals surface area contributed by atoms with E-state index in [9.17, 15) is 13.4 Å². The number of hydrogen-bond donors (Lipinski definition) is 3. The lowest BCUT2D eigenvalue weighted by molar-refractivity contribution is 0.102. The Balaban J connectivity index is 1.94. The van der Waals surface area contributed by atoms with Crippen molar-refractivity contribution in [3.05, 3.63) is 53.1 Å². The van der Waals surface area contributed by atoms with Crippen LogP contribution in [0.15, 0.2) is 36.7 Å². The summed E-state index contributed by atoms with van der Waals surface area (Å²) in [6.45, 7) is 2.35. The maximum Gasteiger partial charge on any atom is 0.257 e. The monoisotopic (exact) mass is 436 g/mol. The van der Waals surface area contributed by atoms with Gasteiger partial charge >= 0.3 is 0 Å². The van der Waals surface area contributed by atoms with Crippen molar-refractivity contribution < 1.29 is 13.4 Å². The Labute approximate surface area is 174 Å². The van der Waals surface area contributed by atoms with Gasteiger partial charge in [-0.1, -0.05) is 24.6 Å². The predicted molar refractivity (Wildman–Crippen MR) is 113 cm³/mol. The van der Waals surface area contributed by atoms with Gasteiger partial charge in [-0.25, -0.2) is 22.9 Å². The molecule has 0 radical (unpaired) electrons. The minimum Gasteiger partial charge on any atom is -0.383 e. The van der Waals surface area contributed by atoms with Crippen molar-refractivity contribution in [2.45, 2.75) is 6.92 Å². The van der Waals surface area contributed by atoms with Crippen molar-refractivity contribution in [3.63, 3.8) is 0 Å². The number of aromatic nitrogens is 2. The van der Waals surface area contributed by atoms with Crippen molar-refractivity contribution in [3.8, 4) is 0 Å². The molecule has 1 amide bonds. The molecular weight excluding hydrogens is 419 g/mol. The quantitative estimate of drug-likeness (QED) is 0.549. The van der Waals surface area contributed by atoms with Gasteiger partial charge < -0.3 is 11.1 Å². The first kappa shape index (κ1) is 20.9. The van der Waals surface area contributed by atoms with E-state index in [1.165, 1.54) is 22.8 Å². The van der Waals surface area contributed by atoms with E-state index in [0.29, 0.717) is 17.4 Å². The fraction of sp³-hybridized carbons (Fsp3) is 0.167. The van der Waals surface area contributed by atoms with Gasteiger partial charge in [0.05, 0.1) is 27.5 Å². The summed E-state index contributed by atoms with van der Waals surface area (Å²) in [7, 11) is 1.65. The van der Waals surface area contributed by atoms with Crippen LogP contribution in [0.4, 0.5) is 21.6 Å². The van der Waals surface area contributed by atoms with E-state index >= 15 is 0 Å². The third-order valence-corrected chi connectivity index (χ3v) is 5.81. The maximum absolute atomic E-state index is 14.4. The highest BCUT2D eigenvalue weighted by molar-refractivity contribution is 7.84. The first-order valence-corrected chi connectivity index (χ1v) is 10.00. The topological polar surface area (TPSA) is 113 Å². The zero-order valence-electron chi connectivity index (χ0n) is 15.6. The Morgan fingerprint density at radius 3 is 2.79 bits per heavy atom. The van der Waals surface area contributed by atoms with E-state index < -0.39 is 22.9 Å². The highest BCUT2D eigenvalue weighted by atomic mass is 35.5. The Hall–Kier alpha value is -2.82. The summed E-state index contributed by atoms with van der Waals surface area (Å²) in [4.78, 5) is 20.8. The van der Waals surface area contributed by atoms with Gasteiger partial charge in [-0.2, -0.15) is 0 Å². The SMILES string of the molecule is CCN(C)S(=O)Nc1ccc(F)c(NC(=O)c2cccc3c(N)ncnc23)c1Cl. The summed E-state index contributed by atoms with van der Waals surface area (Å²) in [6.07, 6.45) is 1.24. The molecular formula is C18H18ClFN6O2S. The van der Waals surface area contributed by atoms with Crippen molar-refractivity contribution in [2.24, 2.45) is 0 Å². The van der Waals surface area contributed by atoms with Crippen molar-refractivity contribution in [1.82, 2.24) is 14.3 Å². The molecule has 3 aromatic rings. The normalized spacial score (nSPS) is 12.2. The summed E-state index contributed by atoms with van der Waals surface area (Å²) < 4.78 is 30.8. The van der Waals surface area contributed by atoms with Crippen LogP contribution in [0.25, 0.3) is 10.9 Å². The van der Waals surface area contributed by atoms with Gasteiger partial charge in [0, 0.05) is 19.0 Å². The van der Waals surface area contributed by atoms with Gasteiger partial charge in [-0.15, -0.1) is 0 Å². The Bertz CT molecular complexity index is 1110. The van der Waals surface area contributed by atoms with E-state index in [0.717, 1.165) is 6.07 Å². The van der Waals surface area contributed by atoms with Gasteiger partial charge in [0.15, 0.2) is 11.2 Å². The molecule has 152 valence electrons. The van der Waals surface area contributed by atoms with Gasteiger partial charge in [0.25, 0.3) is 5.91 Å². The fourth-order valence-electron chi connectivity index (χ4n) is 2.51. The van der Waals surface area contributed by atoms with Crippen LogP contribution in [0.1, 0.15) is 17.3 Å². The Kier molecular flexibility index (Phi) is 6.26. The van der Waals surface area contributed by atoms with E-state index in [2.05, 4.69) is 20.0 Å². The molecule has 0 bridgehead atoms. The molecule has 1 atom stereocenters. The smallest absolute Gasteiger partial charge is 0.257 e. The van der Waals surface area contributed by atoms with Crippen LogP contribution >= 0.6 is 11.6 Å². The number of halogens is 2. The molecule has 8 nitrogen and oxygen atoms in total. The van der Waals surface area contributed by atoms with E-state index in [-0.39, 0.29) is 27.8 Å². The Morgan fingerprint density at radius 1 is 1.31 bits per heavy atom. The summed E-state index contributed by atoms with van der Waals surface area (Å²) in [5.74, 6) is -1.14. The molecule has 2 aromatic carbocycles. The molecule has 1 heterocycles. The lowest BCUT2D eigenvalue weighted by atomic mass is 10.1. The zero-order chi connectivity index (χ0) is 21.1. The van der Waals surface area contributed by atoms with Crippen LogP contribution in [0.3, 0.4) is 0 Å². The van der Waals surface area contributed by atoms with Crippen LogP contribution in [0.2, 0.25) is 5.02 Å². The summed E-state index contributed by atoms with van der Waals surface area (Å²) in [5, 5.41) is 2.86. The van der Waals surface area contributed by atoms with Crippen LogP contribution in [-0.4, -0.2) is 38.0 Å². The number of nitrogens with one attached hydrogen (secondary N) is 2. The van der Waals surface area contributed by atoms with Crippen molar-refractivity contribution >= 4 is 56.8 Å². The fourth-order valence-corrected chi connectivity index (χ4v) is 3.56. The number of nitrogens with two attached hydrogens (primary N) is 1. The maximum atomic E-state index is 14.4. The largest absolute Gasteiger partial charge is 0.383 e. The number of carbonyl (C=O) groups excluding carboxylic acids is 1. The molecule has 29 heavy (non-hydrogen) atoms. The molecule has 0 saturated heterocycles. The molecule has 11 heteroatoms. The van der Waals surface area contributed by atoms with E-state index in [1.54, 1.807) is 19.2 Å². The number of benzene rings is 2. The molecule has 3 rings (SSSR count). The summed E-state index contributed by atoms with van der Waals surface area (Å²) >= 11 is 4.69. The van der Waals surface area contributed by atoms with Gasteiger partial charge in [0.1, 0.15) is 18.0 Å². The second-order valence-electron chi connectivity index (χ2n) is 5.99. The lowest BCUT2D eigenvalue weighted by Gasteiger charge is -2.17. The molecule has 0 fully saturated rings. The first-order valence-electron chi connectivity index (χ1n) is 8.51. The lowest BCUT2D eigenvalue weighted by Crippen LogP contribution is -2.26. The van der Waals surface area contributed by atoms with Crippen LogP contribution in [0.5, 0.6) is 0 Å². The Morgan fingerprint density at radius 2 is 2.07 bits per heavy atom. The molecule has 1 unspecified atom stereocenters. The van der Waals surface area contributed by atoms with E-state index in [1.807, 2.05) is 6.92 Å². The number of hydrogen-bond acceptors (Lipinski definition) is 5. The van der Waals surface area contributed by atoms with Gasteiger partial charge in [-0.3, -0.25) is 9.52 Å². The molecule has 0 aliphatic heterocycles. The van der Waals surface area contributed by atoms with Crippen molar-refractivity contribution in [1.29, 1.82) is 0 Å². The first-order chi connectivity index (χ1) is 13.8.